The highest BCUT2D eigenvalue weighted by Gasteiger charge is 2.31. The van der Waals surface area contributed by atoms with E-state index in [1.54, 1.807) is 0 Å². The molecule has 5 rings (SSSR count). The quantitative estimate of drug-likeness (QED) is 0.511. The maximum absolute atomic E-state index is 13.7. The average molecular weight is 396 g/mol. The van der Waals surface area contributed by atoms with Gasteiger partial charge < -0.3 is 10.3 Å². The van der Waals surface area contributed by atoms with Crippen molar-refractivity contribution in [1.82, 2.24) is 15.3 Å². The lowest BCUT2D eigenvalue weighted by atomic mass is 9.80. The fourth-order valence-electron chi connectivity index (χ4n) is 4.47. The molecule has 2 aromatic carbocycles. The molecular formula is C25H21FN4. The minimum atomic E-state index is -0.233. The van der Waals surface area contributed by atoms with E-state index in [0.717, 1.165) is 52.9 Å². The molecule has 0 bridgehead atoms. The van der Waals surface area contributed by atoms with Crippen LogP contribution in [0.3, 0.4) is 0 Å². The van der Waals surface area contributed by atoms with Crippen molar-refractivity contribution in [2.24, 2.45) is 5.92 Å². The molecular weight excluding hydrogens is 375 g/mol. The summed E-state index contributed by atoms with van der Waals surface area (Å²) in [6.07, 6.45) is 2.94. The zero-order valence-corrected chi connectivity index (χ0v) is 16.4. The van der Waals surface area contributed by atoms with Gasteiger partial charge in [-0.15, -0.1) is 0 Å². The van der Waals surface area contributed by atoms with E-state index in [1.165, 1.54) is 12.1 Å². The molecule has 2 atom stereocenters. The zero-order chi connectivity index (χ0) is 20.5. The Balaban J connectivity index is 1.72. The van der Waals surface area contributed by atoms with Gasteiger partial charge >= 0.3 is 0 Å². The molecule has 0 saturated carbocycles. The first-order valence-corrected chi connectivity index (χ1v) is 10.2. The van der Waals surface area contributed by atoms with Gasteiger partial charge in [0, 0.05) is 17.7 Å². The van der Waals surface area contributed by atoms with Gasteiger partial charge in [0.1, 0.15) is 5.82 Å². The normalized spacial score (nSPS) is 17.1. The summed E-state index contributed by atoms with van der Waals surface area (Å²) < 4.78 is 13.7. The van der Waals surface area contributed by atoms with Gasteiger partial charge in [0.15, 0.2) is 0 Å². The largest absolute Gasteiger partial charge is 0.360 e. The molecule has 30 heavy (non-hydrogen) atoms. The molecule has 1 unspecified atom stereocenters. The van der Waals surface area contributed by atoms with Gasteiger partial charge in [-0.2, -0.15) is 5.26 Å². The highest BCUT2D eigenvalue weighted by Crippen LogP contribution is 2.40. The highest BCUT2D eigenvalue weighted by molar-refractivity contribution is 5.83. The van der Waals surface area contributed by atoms with Crippen molar-refractivity contribution >= 4 is 11.0 Å². The lowest BCUT2D eigenvalue weighted by molar-refractivity contribution is 0.504. The fourth-order valence-corrected chi connectivity index (χ4v) is 4.47. The second-order valence-corrected chi connectivity index (χ2v) is 7.80. The van der Waals surface area contributed by atoms with Crippen molar-refractivity contribution in [1.29, 1.82) is 5.26 Å². The third kappa shape index (κ3) is 3.36. The van der Waals surface area contributed by atoms with Gasteiger partial charge in [0.05, 0.1) is 28.4 Å². The van der Waals surface area contributed by atoms with Gasteiger partial charge in [-0.3, -0.25) is 0 Å². The lowest BCUT2D eigenvalue weighted by Gasteiger charge is -2.26. The third-order valence-corrected chi connectivity index (χ3v) is 5.98. The SMILES string of the molecule is N#Cc1ccc(-c2cc3[nH]ccc3nc2C(c2ccc(F)cc2)[C@@H]2CCNC2)cc1. The number of pyridine rings is 1. The van der Waals surface area contributed by atoms with E-state index in [-0.39, 0.29) is 11.7 Å². The summed E-state index contributed by atoms with van der Waals surface area (Å²) in [5.74, 6) is 0.186. The topological polar surface area (TPSA) is 64.5 Å². The molecule has 4 aromatic rings. The minimum absolute atomic E-state index is 0.0468. The summed E-state index contributed by atoms with van der Waals surface area (Å²) in [5.41, 5.74) is 6.64. The number of nitriles is 1. The first-order valence-electron chi connectivity index (χ1n) is 10.2. The Morgan fingerprint density at radius 1 is 1.07 bits per heavy atom. The number of hydrogen-bond acceptors (Lipinski definition) is 3. The van der Waals surface area contributed by atoms with Gasteiger partial charge in [-0.05, 0) is 73.0 Å². The van der Waals surface area contributed by atoms with Gasteiger partial charge in [-0.1, -0.05) is 24.3 Å². The van der Waals surface area contributed by atoms with Gasteiger partial charge in [0.25, 0.3) is 0 Å². The van der Waals surface area contributed by atoms with Crippen LogP contribution in [0.5, 0.6) is 0 Å². The number of halogens is 1. The molecule has 4 nitrogen and oxygen atoms in total. The predicted octanol–water partition coefficient (Wildman–Crippen LogP) is 4.98. The maximum atomic E-state index is 13.7. The molecule has 0 amide bonds. The fraction of sp³-hybridized carbons (Fsp3) is 0.200. The van der Waals surface area contributed by atoms with E-state index in [2.05, 4.69) is 22.4 Å². The van der Waals surface area contributed by atoms with E-state index in [1.807, 2.05) is 48.7 Å². The predicted molar refractivity (Wildman–Crippen MR) is 115 cm³/mol. The van der Waals surface area contributed by atoms with E-state index >= 15 is 0 Å². The van der Waals surface area contributed by atoms with Crippen molar-refractivity contribution < 1.29 is 4.39 Å². The van der Waals surface area contributed by atoms with Crippen molar-refractivity contribution in [2.75, 3.05) is 13.1 Å². The van der Waals surface area contributed by atoms with Gasteiger partial charge in [-0.25, -0.2) is 9.37 Å². The summed E-state index contributed by atoms with van der Waals surface area (Å²) in [6, 6.07) is 20.7. The Hall–Kier alpha value is -3.49. The van der Waals surface area contributed by atoms with Crippen molar-refractivity contribution in [3.05, 3.63) is 89.5 Å². The Morgan fingerprint density at radius 3 is 2.57 bits per heavy atom. The molecule has 2 N–H and O–H groups in total. The number of aromatic nitrogens is 2. The molecule has 0 spiro atoms. The number of nitrogens with zero attached hydrogens (tertiary/aromatic N) is 2. The monoisotopic (exact) mass is 396 g/mol. The number of fused-ring (bicyclic) bond motifs is 1. The van der Waals surface area contributed by atoms with Crippen LogP contribution in [-0.2, 0) is 0 Å². The van der Waals surface area contributed by atoms with Crippen LogP contribution in [0.1, 0.15) is 29.2 Å². The Kier molecular flexibility index (Phi) is 4.78. The van der Waals surface area contributed by atoms with E-state index in [9.17, 15) is 4.39 Å². The number of nitrogens with one attached hydrogen (secondary N) is 2. The van der Waals surface area contributed by atoms with Crippen LogP contribution < -0.4 is 5.32 Å². The molecule has 148 valence electrons. The van der Waals surface area contributed by atoms with Crippen LogP contribution in [-0.4, -0.2) is 23.1 Å². The second kappa shape index (κ2) is 7.74. The maximum Gasteiger partial charge on any atom is 0.123 e. The number of hydrogen-bond donors (Lipinski definition) is 2. The van der Waals surface area contributed by atoms with E-state index < -0.39 is 0 Å². The summed E-state index contributed by atoms with van der Waals surface area (Å²) in [4.78, 5) is 8.34. The Morgan fingerprint density at radius 2 is 1.87 bits per heavy atom. The van der Waals surface area contributed by atoms with Crippen LogP contribution >= 0.6 is 0 Å². The highest BCUT2D eigenvalue weighted by atomic mass is 19.1. The van der Waals surface area contributed by atoms with Crippen LogP contribution in [0.4, 0.5) is 4.39 Å². The van der Waals surface area contributed by atoms with Crippen molar-refractivity contribution in [3.8, 4) is 17.2 Å². The molecule has 1 aliphatic rings. The van der Waals surface area contributed by atoms with Crippen molar-refractivity contribution in [3.63, 3.8) is 0 Å². The smallest absolute Gasteiger partial charge is 0.123 e. The Labute approximate surface area is 174 Å². The molecule has 3 heterocycles. The first kappa shape index (κ1) is 18.5. The molecule has 1 aliphatic heterocycles. The molecule has 0 radical (unpaired) electrons. The minimum Gasteiger partial charge on any atom is -0.360 e. The first-order chi connectivity index (χ1) is 14.7. The number of benzene rings is 2. The zero-order valence-electron chi connectivity index (χ0n) is 16.4. The lowest BCUT2D eigenvalue weighted by Crippen LogP contribution is -2.19. The molecule has 2 aromatic heterocycles. The standard InChI is InChI=1S/C25H21FN4/c26-20-7-5-18(6-8-20)24(19-9-11-28-15-19)25-21(13-23-22(30-25)10-12-29-23)17-3-1-16(14-27)2-4-17/h1-8,10,12-13,19,24,28-29H,9,11,15H2/t19-,24?/m1/s1. The van der Waals surface area contributed by atoms with Gasteiger partial charge in [0.2, 0.25) is 0 Å². The van der Waals surface area contributed by atoms with Crippen LogP contribution in [0, 0.1) is 23.1 Å². The van der Waals surface area contributed by atoms with Crippen molar-refractivity contribution in [2.45, 2.75) is 12.3 Å². The molecule has 1 fully saturated rings. The van der Waals surface area contributed by atoms with E-state index in [4.69, 9.17) is 10.2 Å². The molecule has 1 saturated heterocycles. The van der Waals surface area contributed by atoms with Crippen LogP contribution in [0.25, 0.3) is 22.2 Å². The Bertz CT molecular complexity index is 1210. The molecule has 0 aliphatic carbocycles. The summed E-state index contributed by atoms with van der Waals surface area (Å²) in [6.45, 7) is 1.88. The number of aromatic amines is 1. The average Bonchev–Trinajstić information content (AvgIpc) is 3.47. The molecule has 5 heteroatoms. The summed E-state index contributed by atoms with van der Waals surface area (Å²) >= 11 is 0. The third-order valence-electron chi connectivity index (χ3n) is 5.98. The van der Waals surface area contributed by atoms with Crippen LogP contribution in [0.15, 0.2) is 66.9 Å². The summed E-state index contributed by atoms with van der Waals surface area (Å²) in [7, 11) is 0. The number of rotatable bonds is 4. The van der Waals surface area contributed by atoms with Crippen LogP contribution in [0.2, 0.25) is 0 Å². The number of H-pyrrole nitrogens is 1. The van der Waals surface area contributed by atoms with E-state index in [0.29, 0.717) is 11.5 Å². The second-order valence-electron chi connectivity index (χ2n) is 7.80. The summed E-state index contributed by atoms with van der Waals surface area (Å²) in [5, 5.41) is 12.6.